The molecule has 0 saturated heterocycles. The van der Waals surface area contributed by atoms with Gasteiger partial charge in [-0.1, -0.05) is 35.0 Å². The number of halogens is 1. The summed E-state index contributed by atoms with van der Waals surface area (Å²) in [6.45, 7) is 2.63. The zero-order chi connectivity index (χ0) is 23.6. The average Bonchev–Trinajstić information content (AvgIpc) is 2.84. The summed E-state index contributed by atoms with van der Waals surface area (Å²) in [5.41, 5.74) is 3.69. The Morgan fingerprint density at radius 3 is 2.52 bits per heavy atom. The number of hydrogen-bond acceptors (Lipinski definition) is 6. The van der Waals surface area contributed by atoms with Gasteiger partial charge in [0.25, 0.3) is 5.91 Å². The molecule has 0 heterocycles. The maximum absolute atomic E-state index is 12.6. The Balaban J connectivity index is 1.71. The van der Waals surface area contributed by atoms with E-state index in [9.17, 15) is 9.59 Å². The monoisotopic (exact) mass is 510 g/mol. The summed E-state index contributed by atoms with van der Waals surface area (Å²) in [6, 6.07) is 18.7. The minimum atomic E-state index is -0.521. The first-order chi connectivity index (χ1) is 16.0. The van der Waals surface area contributed by atoms with Crippen LogP contribution in [0.1, 0.15) is 39.6 Å². The van der Waals surface area contributed by atoms with Crippen LogP contribution in [0, 0.1) is 0 Å². The van der Waals surface area contributed by atoms with Crippen LogP contribution in [-0.4, -0.2) is 31.8 Å². The second-order valence-corrected chi connectivity index (χ2v) is 7.76. The van der Waals surface area contributed by atoms with Crippen molar-refractivity contribution >= 4 is 34.0 Å². The third kappa shape index (κ3) is 6.66. The fourth-order valence-corrected chi connectivity index (χ4v) is 3.21. The van der Waals surface area contributed by atoms with E-state index in [1.807, 2.05) is 6.92 Å². The summed E-state index contributed by atoms with van der Waals surface area (Å²) < 4.78 is 17.1. The highest BCUT2D eigenvalue weighted by molar-refractivity contribution is 9.10. The maximum Gasteiger partial charge on any atom is 0.343 e. The molecule has 7 nitrogen and oxygen atoms in total. The number of nitrogens with one attached hydrogen (secondary N) is 1. The van der Waals surface area contributed by atoms with Crippen molar-refractivity contribution in [1.29, 1.82) is 0 Å². The van der Waals surface area contributed by atoms with E-state index >= 15 is 0 Å². The van der Waals surface area contributed by atoms with Gasteiger partial charge in [-0.05, 0) is 61.0 Å². The molecule has 33 heavy (non-hydrogen) atoms. The molecule has 0 aliphatic rings. The molecular formula is C25H23BrN2O5. The van der Waals surface area contributed by atoms with Crippen LogP contribution in [0.5, 0.6) is 17.2 Å². The van der Waals surface area contributed by atoms with Gasteiger partial charge >= 0.3 is 5.97 Å². The van der Waals surface area contributed by atoms with E-state index in [1.54, 1.807) is 66.7 Å². The van der Waals surface area contributed by atoms with Gasteiger partial charge in [-0.15, -0.1) is 0 Å². The normalized spacial score (nSPS) is 10.6. The second-order valence-electron chi connectivity index (χ2n) is 6.84. The molecule has 0 spiro atoms. The van der Waals surface area contributed by atoms with Gasteiger partial charge in [0.2, 0.25) is 0 Å². The van der Waals surface area contributed by atoms with Crippen molar-refractivity contribution in [3.05, 3.63) is 87.9 Å². The number of carbonyl (C=O) groups is 2. The van der Waals surface area contributed by atoms with Gasteiger partial charge in [0.05, 0.1) is 31.1 Å². The molecule has 0 aromatic heterocycles. The van der Waals surface area contributed by atoms with E-state index in [1.165, 1.54) is 13.3 Å². The number of rotatable bonds is 9. The highest BCUT2D eigenvalue weighted by Gasteiger charge is 2.13. The Kier molecular flexibility index (Phi) is 8.60. The molecule has 0 atom stereocenters. The summed E-state index contributed by atoms with van der Waals surface area (Å²) in [5.74, 6) is 0.475. The van der Waals surface area contributed by atoms with Gasteiger partial charge < -0.3 is 14.2 Å². The van der Waals surface area contributed by atoms with Gasteiger partial charge in [0, 0.05) is 10.0 Å². The molecule has 3 aromatic carbocycles. The number of hydrogen-bond donors (Lipinski definition) is 1. The molecule has 3 rings (SSSR count). The lowest BCUT2D eigenvalue weighted by Crippen LogP contribution is -2.18. The Hall–Kier alpha value is -3.65. The number of ether oxygens (including phenoxy) is 3. The van der Waals surface area contributed by atoms with Crippen molar-refractivity contribution in [2.45, 2.75) is 13.3 Å². The molecular weight excluding hydrogens is 488 g/mol. The Morgan fingerprint density at radius 1 is 1.03 bits per heavy atom. The molecule has 1 N–H and O–H groups in total. The third-order valence-electron chi connectivity index (χ3n) is 4.46. The van der Waals surface area contributed by atoms with Crippen LogP contribution in [-0.2, 0) is 0 Å². The number of hydrazone groups is 1. The van der Waals surface area contributed by atoms with E-state index in [4.69, 9.17) is 14.2 Å². The molecule has 1 amide bonds. The quantitative estimate of drug-likeness (QED) is 0.184. The van der Waals surface area contributed by atoms with Crippen LogP contribution in [0.25, 0.3) is 0 Å². The molecule has 170 valence electrons. The van der Waals surface area contributed by atoms with Crippen LogP contribution in [0.2, 0.25) is 0 Å². The number of nitrogens with zero attached hydrogens (tertiary/aromatic N) is 1. The van der Waals surface area contributed by atoms with Crippen LogP contribution in [0.3, 0.4) is 0 Å². The second kappa shape index (κ2) is 11.8. The fraction of sp³-hybridized carbons (Fsp3) is 0.160. The zero-order valence-electron chi connectivity index (χ0n) is 18.2. The Bertz CT molecular complexity index is 1150. The molecule has 0 saturated carbocycles. The van der Waals surface area contributed by atoms with Crippen LogP contribution < -0.4 is 19.6 Å². The fourth-order valence-electron chi connectivity index (χ4n) is 2.83. The van der Waals surface area contributed by atoms with Gasteiger partial charge in [0.1, 0.15) is 17.2 Å². The topological polar surface area (TPSA) is 86.2 Å². The minimum absolute atomic E-state index is 0.296. The summed E-state index contributed by atoms with van der Waals surface area (Å²) >= 11 is 3.39. The summed E-state index contributed by atoms with van der Waals surface area (Å²) in [6.07, 6.45) is 2.30. The molecule has 0 aliphatic heterocycles. The van der Waals surface area contributed by atoms with Crippen molar-refractivity contribution in [2.24, 2.45) is 5.10 Å². The van der Waals surface area contributed by atoms with Gasteiger partial charge in [0.15, 0.2) is 0 Å². The number of methoxy groups -OCH3 is 1. The Labute approximate surface area is 200 Å². The highest BCUT2D eigenvalue weighted by Crippen LogP contribution is 2.23. The largest absolute Gasteiger partial charge is 0.496 e. The first-order valence-electron chi connectivity index (χ1n) is 10.2. The minimum Gasteiger partial charge on any atom is -0.496 e. The molecule has 8 heteroatoms. The molecule has 3 aromatic rings. The smallest absolute Gasteiger partial charge is 0.343 e. The molecule has 0 fully saturated rings. The van der Waals surface area contributed by atoms with Crippen molar-refractivity contribution in [2.75, 3.05) is 13.7 Å². The average molecular weight is 511 g/mol. The maximum atomic E-state index is 12.6. The van der Waals surface area contributed by atoms with E-state index in [2.05, 4.69) is 26.5 Å². The standard InChI is InChI=1S/C25H23BrN2O5/c1-3-14-32-20-11-8-17(9-12-20)25(30)33-22-13-10-19(26)15-18(22)16-27-28-24(29)21-6-4-5-7-23(21)31-2/h4-13,15-16H,3,14H2,1-2H3,(H,28,29)/b27-16-. The summed E-state index contributed by atoms with van der Waals surface area (Å²) in [4.78, 5) is 25.0. The van der Waals surface area contributed by atoms with Crippen molar-refractivity contribution in [3.63, 3.8) is 0 Å². The molecule has 0 bridgehead atoms. The predicted molar refractivity (Wildman–Crippen MR) is 129 cm³/mol. The summed E-state index contributed by atoms with van der Waals surface area (Å²) in [5, 5.41) is 4.01. The zero-order valence-corrected chi connectivity index (χ0v) is 19.8. The number of benzene rings is 3. The number of amides is 1. The summed E-state index contributed by atoms with van der Waals surface area (Å²) in [7, 11) is 1.49. The van der Waals surface area contributed by atoms with Crippen LogP contribution in [0.15, 0.2) is 76.3 Å². The van der Waals surface area contributed by atoms with E-state index in [0.29, 0.717) is 40.5 Å². The van der Waals surface area contributed by atoms with Gasteiger partial charge in [-0.25, -0.2) is 10.2 Å². The SMILES string of the molecule is CCCOc1ccc(C(=O)Oc2ccc(Br)cc2/C=N\NC(=O)c2ccccc2OC)cc1. The van der Waals surface area contributed by atoms with Gasteiger partial charge in [-0.2, -0.15) is 5.10 Å². The van der Waals surface area contributed by atoms with Crippen molar-refractivity contribution in [1.82, 2.24) is 5.43 Å². The Morgan fingerprint density at radius 2 is 1.79 bits per heavy atom. The third-order valence-corrected chi connectivity index (χ3v) is 4.95. The molecule has 0 unspecified atom stereocenters. The number of para-hydroxylation sites is 1. The van der Waals surface area contributed by atoms with Crippen LogP contribution in [0.4, 0.5) is 0 Å². The number of esters is 1. The highest BCUT2D eigenvalue weighted by atomic mass is 79.9. The molecule has 0 aliphatic carbocycles. The van der Waals surface area contributed by atoms with Crippen molar-refractivity contribution in [3.8, 4) is 17.2 Å². The van der Waals surface area contributed by atoms with E-state index in [0.717, 1.165) is 10.9 Å². The van der Waals surface area contributed by atoms with E-state index < -0.39 is 11.9 Å². The van der Waals surface area contributed by atoms with Crippen molar-refractivity contribution < 1.29 is 23.8 Å². The lowest BCUT2D eigenvalue weighted by molar-refractivity contribution is 0.0734. The van der Waals surface area contributed by atoms with Gasteiger partial charge in [-0.3, -0.25) is 4.79 Å². The predicted octanol–water partition coefficient (Wildman–Crippen LogP) is 5.23. The first-order valence-corrected chi connectivity index (χ1v) is 11.0. The number of carbonyl (C=O) groups excluding carboxylic acids is 2. The van der Waals surface area contributed by atoms with E-state index in [-0.39, 0.29) is 0 Å². The first kappa shape index (κ1) is 24.0. The lowest BCUT2D eigenvalue weighted by Gasteiger charge is -2.09. The molecule has 0 radical (unpaired) electrons. The lowest BCUT2D eigenvalue weighted by atomic mass is 10.2. The van der Waals surface area contributed by atoms with Crippen LogP contribution >= 0.6 is 15.9 Å².